The Morgan fingerprint density at radius 1 is 1.06 bits per heavy atom. The SMILES string of the molecule is O=C(C[C@@H](c1ccsc1)n1cccc1)NCC1(Cc2nnc3ccccn23)CCCCC1. The third kappa shape index (κ3) is 4.48. The van der Waals surface area contributed by atoms with Crippen LogP contribution < -0.4 is 5.32 Å². The molecule has 0 unspecified atom stereocenters. The lowest BCUT2D eigenvalue weighted by Gasteiger charge is -2.37. The molecule has 0 aliphatic heterocycles. The highest BCUT2D eigenvalue weighted by atomic mass is 32.1. The van der Waals surface area contributed by atoms with E-state index in [4.69, 9.17) is 0 Å². The topological polar surface area (TPSA) is 64.2 Å². The summed E-state index contributed by atoms with van der Waals surface area (Å²) >= 11 is 1.67. The molecule has 6 nitrogen and oxygen atoms in total. The van der Waals surface area contributed by atoms with Gasteiger partial charge < -0.3 is 9.88 Å². The smallest absolute Gasteiger partial charge is 0.222 e. The molecule has 0 radical (unpaired) electrons. The number of carbonyl (C=O) groups excluding carboxylic acids is 1. The first-order valence-electron chi connectivity index (χ1n) is 11.4. The summed E-state index contributed by atoms with van der Waals surface area (Å²) in [6.07, 6.45) is 13.3. The molecule has 166 valence electrons. The van der Waals surface area contributed by atoms with Crippen LogP contribution in [0.5, 0.6) is 0 Å². The second-order valence-electron chi connectivity index (χ2n) is 8.97. The van der Waals surface area contributed by atoms with Crippen LogP contribution in [0.4, 0.5) is 0 Å². The van der Waals surface area contributed by atoms with Crippen molar-refractivity contribution >= 4 is 22.9 Å². The van der Waals surface area contributed by atoms with Gasteiger partial charge in [-0.15, -0.1) is 10.2 Å². The number of aromatic nitrogens is 4. The van der Waals surface area contributed by atoms with Crippen molar-refractivity contribution in [3.05, 3.63) is 77.1 Å². The molecular formula is C25H29N5OS. The largest absolute Gasteiger partial charge is 0.355 e. The van der Waals surface area contributed by atoms with Crippen LogP contribution in [0.15, 0.2) is 65.7 Å². The summed E-state index contributed by atoms with van der Waals surface area (Å²) in [4.78, 5) is 13.1. The minimum atomic E-state index is 0.0268. The van der Waals surface area contributed by atoms with Crippen LogP contribution in [-0.4, -0.2) is 31.6 Å². The predicted molar refractivity (Wildman–Crippen MR) is 127 cm³/mol. The molecular weight excluding hydrogens is 418 g/mol. The monoisotopic (exact) mass is 447 g/mol. The number of rotatable bonds is 8. The van der Waals surface area contributed by atoms with Crippen LogP contribution in [0.1, 0.15) is 56.0 Å². The number of thiophene rings is 1. The van der Waals surface area contributed by atoms with Crippen LogP contribution in [0.25, 0.3) is 5.65 Å². The molecule has 0 saturated heterocycles. The molecule has 1 aliphatic rings. The molecule has 1 amide bonds. The number of fused-ring (bicyclic) bond motifs is 1. The maximum atomic E-state index is 13.1. The molecule has 32 heavy (non-hydrogen) atoms. The van der Waals surface area contributed by atoms with Crippen molar-refractivity contribution in [2.45, 2.75) is 51.0 Å². The average molecular weight is 448 g/mol. The van der Waals surface area contributed by atoms with Gasteiger partial charge in [-0.2, -0.15) is 11.3 Å². The fourth-order valence-corrected chi connectivity index (χ4v) is 5.72. The summed E-state index contributed by atoms with van der Waals surface area (Å²) in [5.41, 5.74) is 2.10. The van der Waals surface area contributed by atoms with Gasteiger partial charge in [0.15, 0.2) is 5.65 Å². The summed E-state index contributed by atoms with van der Waals surface area (Å²) in [6, 6.07) is 12.1. The van der Waals surface area contributed by atoms with Crippen LogP contribution >= 0.6 is 11.3 Å². The van der Waals surface area contributed by atoms with Gasteiger partial charge in [-0.25, -0.2) is 0 Å². The van der Waals surface area contributed by atoms with Crippen molar-refractivity contribution in [3.63, 3.8) is 0 Å². The molecule has 0 aromatic carbocycles. The van der Waals surface area contributed by atoms with Crippen LogP contribution in [-0.2, 0) is 11.2 Å². The lowest BCUT2D eigenvalue weighted by Crippen LogP contribution is -2.41. The Balaban J connectivity index is 1.29. The van der Waals surface area contributed by atoms with E-state index in [0.717, 1.165) is 30.7 Å². The number of nitrogens with one attached hydrogen (secondary N) is 1. The Morgan fingerprint density at radius 2 is 1.88 bits per heavy atom. The Hall–Kier alpha value is -2.93. The molecule has 4 heterocycles. The van der Waals surface area contributed by atoms with E-state index in [-0.39, 0.29) is 17.4 Å². The second-order valence-corrected chi connectivity index (χ2v) is 9.75. The molecule has 0 spiro atoms. The van der Waals surface area contributed by atoms with Crippen molar-refractivity contribution in [1.29, 1.82) is 0 Å². The van der Waals surface area contributed by atoms with E-state index in [9.17, 15) is 4.79 Å². The van der Waals surface area contributed by atoms with E-state index >= 15 is 0 Å². The zero-order valence-electron chi connectivity index (χ0n) is 18.2. The van der Waals surface area contributed by atoms with Gasteiger partial charge in [0.2, 0.25) is 5.91 Å². The van der Waals surface area contributed by atoms with Crippen LogP contribution in [0.3, 0.4) is 0 Å². The van der Waals surface area contributed by atoms with Gasteiger partial charge in [-0.1, -0.05) is 25.3 Å². The number of pyridine rings is 1. The van der Waals surface area contributed by atoms with Gasteiger partial charge in [0.25, 0.3) is 0 Å². The molecule has 1 aliphatic carbocycles. The summed E-state index contributed by atoms with van der Waals surface area (Å²) < 4.78 is 4.21. The third-order valence-electron chi connectivity index (χ3n) is 6.79. The van der Waals surface area contributed by atoms with Crippen LogP contribution in [0.2, 0.25) is 0 Å². The van der Waals surface area contributed by atoms with E-state index in [0.29, 0.717) is 13.0 Å². The highest BCUT2D eigenvalue weighted by Crippen LogP contribution is 2.38. The van der Waals surface area contributed by atoms with Crippen molar-refractivity contribution in [2.75, 3.05) is 6.54 Å². The standard InChI is InChI=1S/C25H29N5OS/c31-24(16-21(20-9-15-32-18-20)29-12-6-7-13-29)26-19-25(10-3-1-4-11-25)17-23-28-27-22-8-2-5-14-30(22)23/h2,5-9,12-15,18,21H,1,3-4,10-11,16-17,19H2,(H,26,31)/t21-/m0/s1. The van der Waals surface area contributed by atoms with Crippen molar-refractivity contribution in [1.82, 2.24) is 24.5 Å². The zero-order chi connectivity index (χ0) is 21.8. The first-order chi connectivity index (χ1) is 15.7. The molecule has 1 N–H and O–H groups in total. The Kier molecular flexibility index (Phi) is 6.08. The van der Waals surface area contributed by atoms with Crippen molar-refractivity contribution < 1.29 is 4.79 Å². The molecule has 7 heteroatoms. The lowest BCUT2D eigenvalue weighted by atomic mass is 9.71. The van der Waals surface area contributed by atoms with E-state index in [1.165, 1.54) is 24.8 Å². The van der Waals surface area contributed by atoms with Gasteiger partial charge in [0.1, 0.15) is 5.82 Å². The maximum Gasteiger partial charge on any atom is 0.222 e. The van der Waals surface area contributed by atoms with E-state index < -0.39 is 0 Å². The average Bonchev–Trinajstić information content (AvgIpc) is 3.60. The fourth-order valence-electron chi connectivity index (χ4n) is 5.01. The van der Waals surface area contributed by atoms with E-state index in [2.05, 4.69) is 41.3 Å². The number of amides is 1. The second kappa shape index (κ2) is 9.28. The summed E-state index contributed by atoms with van der Waals surface area (Å²) in [7, 11) is 0. The lowest BCUT2D eigenvalue weighted by molar-refractivity contribution is -0.122. The summed E-state index contributed by atoms with van der Waals surface area (Å²) in [6.45, 7) is 0.690. The molecule has 5 rings (SSSR count). The molecule has 1 fully saturated rings. The minimum absolute atomic E-state index is 0.0268. The number of carbonyl (C=O) groups is 1. The highest BCUT2D eigenvalue weighted by molar-refractivity contribution is 7.08. The van der Waals surface area contributed by atoms with Gasteiger partial charge in [-0.3, -0.25) is 9.20 Å². The first-order valence-corrected chi connectivity index (χ1v) is 12.4. The van der Waals surface area contributed by atoms with E-state index in [1.807, 2.05) is 48.9 Å². The first kappa shape index (κ1) is 20.9. The zero-order valence-corrected chi connectivity index (χ0v) is 19.0. The van der Waals surface area contributed by atoms with Crippen molar-refractivity contribution in [3.8, 4) is 0 Å². The number of hydrogen-bond acceptors (Lipinski definition) is 4. The maximum absolute atomic E-state index is 13.1. The quantitative estimate of drug-likeness (QED) is 0.419. The van der Waals surface area contributed by atoms with Gasteiger partial charge in [-0.05, 0) is 64.9 Å². The van der Waals surface area contributed by atoms with Crippen molar-refractivity contribution in [2.24, 2.45) is 5.41 Å². The highest BCUT2D eigenvalue weighted by Gasteiger charge is 2.34. The fraction of sp³-hybridized carbons (Fsp3) is 0.400. The van der Waals surface area contributed by atoms with Gasteiger partial charge >= 0.3 is 0 Å². The number of nitrogens with zero attached hydrogens (tertiary/aromatic N) is 4. The molecule has 4 aromatic rings. The molecule has 1 saturated carbocycles. The Morgan fingerprint density at radius 3 is 2.66 bits per heavy atom. The number of hydrogen-bond donors (Lipinski definition) is 1. The molecule has 0 bridgehead atoms. The van der Waals surface area contributed by atoms with Gasteiger partial charge in [0.05, 0.1) is 12.5 Å². The molecule has 1 atom stereocenters. The van der Waals surface area contributed by atoms with Gasteiger partial charge in [0, 0.05) is 31.6 Å². The minimum Gasteiger partial charge on any atom is -0.355 e. The summed E-state index contributed by atoms with van der Waals surface area (Å²) in [5.74, 6) is 1.09. The Labute approximate surface area is 192 Å². The molecule has 4 aromatic heterocycles. The normalized spacial score (nSPS) is 16.8. The van der Waals surface area contributed by atoms with E-state index in [1.54, 1.807) is 11.3 Å². The third-order valence-corrected chi connectivity index (χ3v) is 7.49. The summed E-state index contributed by atoms with van der Waals surface area (Å²) in [5, 5.41) is 16.3. The van der Waals surface area contributed by atoms with Crippen LogP contribution in [0, 0.1) is 5.41 Å². The predicted octanol–water partition coefficient (Wildman–Crippen LogP) is 4.88. The Bertz CT molecular complexity index is 1110.